The second kappa shape index (κ2) is 5.85. The molecule has 0 heterocycles. The van der Waals surface area contributed by atoms with E-state index in [9.17, 15) is 13.0 Å². The zero-order chi connectivity index (χ0) is 11.7. The van der Waals surface area contributed by atoms with Crippen LogP contribution in [0.3, 0.4) is 0 Å². The molecular formula is C10H12ClNaO3S. The summed E-state index contributed by atoms with van der Waals surface area (Å²) < 4.78 is 32.0. The number of benzene rings is 1. The molecule has 6 heteroatoms. The summed E-state index contributed by atoms with van der Waals surface area (Å²) in [6.07, 6.45) is 0. The first-order valence-corrected chi connectivity index (χ1v) is 6.34. The van der Waals surface area contributed by atoms with Gasteiger partial charge in [-0.25, -0.2) is 8.42 Å². The van der Waals surface area contributed by atoms with E-state index in [0.717, 1.165) is 5.56 Å². The SMILES string of the molecule is CC(C)(CCl)c1ccc(S(=O)(=O)[O-])cc1.[Na+]. The normalized spacial score (nSPS) is 12.0. The van der Waals surface area contributed by atoms with E-state index < -0.39 is 10.1 Å². The Hall–Kier alpha value is 0.420. The Morgan fingerprint density at radius 2 is 1.69 bits per heavy atom. The van der Waals surface area contributed by atoms with Gasteiger partial charge in [-0.15, -0.1) is 11.6 Å². The summed E-state index contributed by atoms with van der Waals surface area (Å²) in [5.41, 5.74) is 0.678. The van der Waals surface area contributed by atoms with Crippen molar-refractivity contribution in [3.05, 3.63) is 29.8 Å². The number of alkyl halides is 1. The van der Waals surface area contributed by atoms with Crippen LogP contribution in [0.1, 0.15) is 19.4 Å². The van der Waals surface area contributed by atoms with E-state index in [1.165, 1.54) is 12.1 Å². The first kappa shape index (κ1) is 16.4. The first-order chi connectivity index (χ1) is 6.77. The molecule has 0 bridgehead atoms. The third kappa shape index (κ3) is 4.02. The monoisotopic (exact) mass is 270 g/mol. The third-order valence-electron chi connectivity index (χ3n) is 2.26. The van der Waals surface area contributed by atoms with Crippen LogP contribution in [-0.4, -0.2) is 18.9 Å². The van der Waals surface area contributed by atoms with Gasteiger partial charge < -0.3 is 4.55 Å². The largest absolute Gasteiger partial charge is 1.00 e. The van der Waals surface area contributed by atoms with Crippen LogP contribution in [0.4, 0.5) is 0 Å². The van der Waals surface area contributed by atoms with Gasteiger partial charge in [0.15, 0.2) is 0 Å². The molecule has 0 unspecified atom stereocenters. The van der Waals surface area contributed by atoms with Gasteiger partial charge in [-0.05, 0) is 17.7 Å². The van der Waals surface area contributed by atoms with Crippen LogP contribution in [0.25, 0.3) is 0 Å². The van der Waals surface area contributed by atoms with Gasteiger partial charge in [0.25, 0.3) is 0 Å². The molecule has 0 amide bonds. The van der Waals surface area contributed by atoms with Gasteiger partial charge in [-0.2, -0.15) is 0 Å². The number of hydrogen-bond acceptors (Lipinski definition) is 3. The van der Waals surface area contributed by atoms with E-state index in [-0.39, 0.29) is 39.9 Å². The Bertz CT molecular complexity index is 440. The van der Waals surface area contributed by atoms with Crippen LogP contribution in [-0.2, 0) is 15.5 Å². The molecule has 1 aromatic carbocycles. The summed E-state index contributed by atoms with van der Waals surface area (Å²) in [6, 6.07) is 5.86. The smallest absolute Gasteiger partial charge is 0.744 e. The third-order valence-corrected chi connectivity index (χ3v) is 3.78. The molecule has 0 saturated carbocycles. The van der Waals surface area contributed by atoms with Crippen LogP contribution < -0.4 is 29.6 Å². The predicted octanol–water partition coefficient (Wildman–Crippen LogP) is -0.889. The molecule has 16 heavy (non-hydrogen) atoms. The maximum Gasteiger partial charge on any atom is 1.00 e. The fourth-order valence-corrected chi connectivity index (χ4v) is 1.77. The van der Waals surface area contributed by atoms with Crippen molar-refractivity contribution in [2.75, 3.05) is 5.88 Å². The molecular weight excluding hydrogens is 259 g/mol. The van der Waals surface area contributed by atoms with E-state index in [4.69, 9.17) is 11.6 Å². The molecule has 0 atom stereocenters. The van der Waals surface area contributed by atoms with Gasteiger partial charge in [-0.3, -0.25) is 0 Å². The Labute approximate surface area is 123 Å². The van der Waals surface area contributed by atoms with Gasteiger partial charge in [0.2, 0.25) is 0 Å². The Kier molecular flexibility index (Phi) is 6.00. The fraction of sp³-hybridized carbons (Fsp3) is 0.400. The molecule has 0 spiro atoms. The zero-order valence-corrected chi connectivity index (χ0v) is 13.1. The standard InChI is InChI=1S/C10H13ClO3S.Na/c1-10(2,7-11)8-3-5-9(6-4-8)15(12,13)14;/h3-6H,7H2,1-2H3,(H,12,13,14);/q;+1/p-1. The van der Waals surface area contributed by atoms with Crippen LogP contribution in [0.2, 0.25) is 0 Å². The van der Waals surface area contributed by atoms with E-state index in [0.29, 0.717) is 5.88 Å². The Morgan fingerprint density at radius 1 is 1.25 bits per heavy atom. The molecule has 84 valence electrons. The van der Waals surface area contributed by atoms with Crippen LogP contribution in [0, 0.1) is 0 Å². The van der Waals surface area contributed by atoms with Crippen molar-refractivity contribution in [3.63, 3.8) is 0 Å². The predicted molar refractivity (Wildman–Crippen MR) is 58.2 cm³/mol. The summed E-state index contributed by atoms with van der Waals surface area (Å²) in [5.74, 6) is 0.427. The van der Waals surface area contributed by atoms with E-state index in [1.807, 2.05) is 13.8 Å². The quantitative estimate of drug-likeness (QED) is 0.407. The summed E-state index contributed by atoms with van der Waals surface area (Å²) in [4.78, 5) is -0.211. The minimum atomic E-state index is -4.35. The molecule has 0 aliphatic heterocycles. The van der Waals surface area contributed by atoms with E-state index >= 15 is 0 Å². The molecule has 1 rings (SSSR count). The minimum Gasteiger partial charge on any atom is -0.744 e. The molecule has 3 nitrogen and oxygen atoms in total. The minimum absolute atomic E-state index is 0. The van der Waals surface area contributed by atoms with Crippen molar-refractivity contribution < 1.29 is 42.5 Å². The van der Waals surface area contributed by atoms with Crippen molar-refractivity contribution >= 4 is 21.7 Å². The van der Waals surface area contributed by atoms with Crippen molar-refractivity contribution in [1.82, 2.24) is 0 Å². The maximum absolute atomic E-state index is 10.7. The molecule has 0 radical (unpaired) electrons. The average molecular weight is 271 g/mol. The van der Waals surface area contributed by atoms with Gasteiger partial charge in [0, 0.05) is 11.3 Å². The van der Waals surface area contributed by atoms with Gasteiger partial charge >= 0.3 is 29.6 Å². The van der Waals surface area contributed by atoms with Crippen molar-refractivity contribution in [2.45, 2.75) is 24.2 Å². The Balaban J connectivity index is 0.00000225. The van der Waals surface area contributed by atoms with Gasteiger partial charge in [-0.1, -0.05) is 26.0 Å². The van der Waals surface area contributed by atoms with Crippen LogP contribution in [0.5, 0.6) is 0 Å². The van der Waals surface area contributed by atoms with Crippen molar-refractivity contribution in [2.24, 2.45) is 0 Å². The summed E-state index contributed by atoms with van der Waals surface area (Å²) in [5, 5.41) is 0. The Morgan fingerprint density at radius 3 is 2.00 bits per heavy atom. The maximum atomic E-state index is 10.7. The second-order valence-electron chi connectivity index (χ2n) is 4.00. The van der Waals surface area contributed by atoms with Crippen LogP contribution in [0.15, 0.2) is 29.2 Å². The molecule has 0 aliphatic rings. The molecule has 0 saturated heterocycles. The molecule has 0 aliphatic carbocycles. The summed E-state index contributed by atoms with van der Waals surface area (Å²) in [7, 11) is -4.35. The first-order valence-electron chi connectivity index (χ1n) is 4.40. The van der Waals surface area contributed by atoms with Crippen molar-refractivity contribution in [1.29, 1.82) is 0 Å². The van der Waals surface area contributed by atoms with Crippen LogP contribution >= 0.6 is 11.6 Å². The molecule has 0 N–H and O–H groups in total. The molecule has 0 aromatic heterocycles. The van der Waals surface area contributed by atoms with E-state index in [2.05, 4.69) is 0 Å². The topological polar surface area (TPSA) is 57.2 Å². The molecule has 0 fully saturated rings. The molecule has 1 aromatic rings. The number of hydrogen-bond donors (Lipinski definition) is 0. The zero-order valence-electron chi connectivity index (χ0n) is 9.53. The number of halogens is 1. The van der Waals surface area contributed by atoms with Crippen molar-refractivity contribution in [3.8, 4) is 0 Å². The van der Waals surface area contributed by atoms with Gasteiger partial charge in [0.1, 0.15) is 10.1 Å². The summed E-state index contributed by atoms with van der Waals surface area (Å²) >= 11 is 5.78. The average Bonchev–Trinajstić information content (AvgIpc) is 2.17. The fourth-order valence-electron chi connectivity index (χ4n) is 1.15. The number of rotatable bonds is 3. The van der Waals surface area contributed by atoms with E-state index in [1.54, 1.807) is 12.1 Å². The second-order valence-corrected chi connectivity index (χ2v) is 5.64. The summed E-state index contributed by atoms with van der Waals surface area (Å²) in [6.45, 7) is 3.89. The van der Waals surface area contributed by atoms with Gasteiger partial charge in [0.05, 0.1) is 4.90 Å².